The fourth-order valence-electron chi connectivity index (χ4n) is 2.75. The standard InChI is InChI=1S/C16H24BrN3O4S/c1-3-4-15(16(21)24-2)18-25(22,23)20-11-9-19(10-12-20)14-7-5-13(17)6-8-14/h5-8,15,18H,3-4,9-12H2,1-2H3/t15-/m0/s1. The number of anilines is 1. The number of nitrogens with one attached hydrogen (secondary N) is 1. The van der Waals surface area contributed by atoms with Crippen LogP contribution in [0.4, 0.5) is 5.69 Å². The molecule has 1 heterocycles. The van der Waals surface area contributed by atoms with E-state index in [4.69, 9.17) is 0 Å². The van der Waals surface area contributed by atoms with Crippen LogP contribution in [0.25, 0.3) is 0 Å². The maximum Gasteiger partial charge on any atom is 0.323 e. The predicted octanol–water partition coefficient (Wildman–Crippen LogP) is 1.75. The van der Waals surface area contributed by atoms with Crippen LogP contribution in [0.15, 0.2) is 28.7 Å². The molecule has 0 aliphatic carbocycles. The van der Waals surface area contributed by atoms with Crippen molar-refractivity contribution < 1.29 is 17.9 Å². The van der Waals surface area contributed by atoms with Crippen molar-refractivity contribution in [3.63, 3.8) is 0 Å². The van der Waals surface area contributed by atoms with Gasteiger partial charge in [-0.05, 0) is 30.7 Å². The van der Waals surface area contributed by atoms with E-state index < -0.39 is 22.2 Å². The smallest absolute Gasteiger partial charge is 0.323 e. The third-order valence-corrected chi connectivity index (χ3v) is 6.28. The summed E-state index contributed by atoms with van der Waals surface area (Å²) < 4.78 is 34.7. The second kappa shape index (κ2) is 8.98. The van der Waals surface area contributed by atoms with Gasteiger partial charge in [-0.15, -0.1) is 0 Å². The van der Waals surface area contributed by atoms with Crippen LogP contribution < -0.4 is 9.62 Å². The van der Waals surface area contributed by atoms with Crippen molar-refractivity contribution in [1.29, 1.82) is 0 Å². The number of methoxy groups -OCH3 is 1. The normalized spacial score (nSPS) is 17.3. The van der Waals surface area contributed by atoms with E-state index in [-0.39, 0.29) is 0 Å². The van der Waals surface area contributed by atoms with E-state index >= 15 is 0 Å². The minimum Gasteiger partial charge on any atom is -0.468 e. The molecule has 0 aromatic heterocycles. The Morgan fingerprint density at radius 1 is 1.24 bits per heavy atom. The van der Waals surface area contributed by atoms with Gasteiger partial charge in [-0.25, -0.2) is 0 Å². The summed E-state index contributed by atoms with van der Waals surface area (Å²) in [7, 11) is -2.46. The Kier molecular flexibility index (Phi) is 7.24. The monoisotopic (exact) mass is 433 g/mol. The van der Waals surface area contributed by atoms with Gasteiger partial charge < -0.3 is 9.64 Å². The molecule has 0 radical (unpaired) electrons. The van der Waals surface area contributed by atoms with Crippen LogP contribution in [-0.4, -0.2) is 58.0 Å². The molecule has 140 valence electrons. The summed E-state index contributed by atoms with van der Waals surface area (Å²) in [6.45, 7) is 3.82. The first-order valence-electron chi connectivity index (χ1n) is 8.23. The van der Waals surface area contributed by atoms with Crippen molar-refractivity contribution in [3.8, 4) is 0 Å². The van der Waals surface area contributed by atoms with Crippen molar-refractivity contribution in [2.45, 2.75) is 25.8 Å². The number of hydrogen-bond donors (Lipinski definition) is 1. The summed E-state index contributed by atoms with van der Waals surface area (Å²) in [5.41, 5.74) is 1.06. The Morgan fingerprint density at radius 2 is 1.84 bits per heavy atom. The lowest BCUT2D eigenvalue weighted by molar-refractivity contribution is -0.142. The molecular weight excluding hydrogens is 410 g/mol. The molecule has 1 N–H and O–H groups in total. The number of ether oxygens (including phenoxy) is 1. The third kappa shape index (κ3) is 5.40. The van der Waals surface area contributed by atoms with E-state index in [1.165, 1.54) is 11.4 Å². The topological polar surface area (TPSA) is 79.0 Å². The lowest BCUT2D eigenvalue weighted by Crippen LogP contribution is -2.55. The molecule has 1 atom stereocenters. The molecule has 1 aliphatic rings. The zero-order chi connectivity index (χ0) is 18.4. The number of esters is 1. The molecule has 9 heteroatoms. The molecule has 0 bridgehead atoms. The fraction of sp³-hybridized carbons (Fsp3) is 0.562. The van der Waals surface area contributed by atoms with Gasteiger partial charge in [-0.1, -0.05) is 29.3 Å². The molecule has 0 saturated carbocycles. The molecular formula is C16H24BrN3O4S. The van der Waals surface area contributed by atoms with Crippen LogP contribution in [0.1, 0.15) is 19.8 Å². The molecule has 2 rings (SSSR count). The lowest BCUT2D eigenvalue weighted by atomic mass is 10.2. The summed E-state index contributed by atoms with van der Waals surface area (Å²) in [5, 5.41) is 0. The van der Waals surface area contributed by atoms with Gasteiger partial charge >= 0.3 is 5.97 Å². The Bertz CT molecular complexity index is 673. The minimum atomic E-state index is -3.72. The fourth-order valence-corrected chi connectivity index (χ4v) is 4.38. The first kappa shape index (κ1) is 20.2. The quantitative estimate of drug-likeness (QED) is 0.662. The number of piperazine rings is 1. The molecule has 1 fully saturated rings. The average Bonchev–Trinajstić information content (AvgIpc) is 2.61. The van der Waals surface area contributed by atoms with Crippen molar-refractivity contribution in [2.24, 2.45) is 0 Å². The van der Waals surface area contributed by atoms with Crippen molar-refractivity contribution in [1.82, 2.24) is 9.03 Å². The zero-order valence-corrected chi connectivity index (χ0v) is 16.8. The van der Waals surface area contributed by atoms with Gasteiger partial charge in [0.05, 0.1) is 7.11 Å². The highest BCUT2D eigenvalue weighted by Gasteiger charge is 2.31. The Balaban J connectivity index is 1.98. The Hall–Kier alpha value is -1.16. The van der Waals surface area contributed by atoms with Gasteiger partial charge in [-0.3, -0.25) is 4.79 Å². The number of benzene rings is 1. The van der Waals surface area contributed by atoms with Crippen LogP contribution in [0, 0.1) is 0 Å². The largest absolute Gasteiger partial charge is 0.468 e. The highest BCUT2D eigenvalue weighted by Crippen LogP contribution is 2.20. The number of rotatable bonds is 7. The predicted molar refractivity (Wildman–Crippen MR) is 101 cm³/mol. The summed E-state index contributed by atoms with van der Waals surface area (Å²) in [4.78, 5) is 13.9. The Morgan fingerprint density at radius 3 is 2.36 bits per heavy atom. The molecule has 0 amide bonds. The van der Waals surface area contributed by atoms with Crippen LogP contribution in [0.2, 0.25) is 0 Å². The van der Waals surface area contributed by atoms with E-state index in [0.717, 1.165) is 10.2 Å². The summed E-state index contributed by atoms with van der Waals surface area (Å²) in [6.07, 6.45) is 1.09. The number of nitrogens with zero attached hydrogens (tertiary/aromatic N) is 2. The Labute approximate surface area is 157 Å². The van der Waals surface area contributed by atoms with E-state index in [1.54, 1.807) is 0 Å². The molecule has 1 aromatic carbocycles. The van der Waals surface area contributed by atoms with Gasteiger partial charge in [0, 0.05) is 36.3 Å². The van der Waals surface area contributed by atoms with Gasteiger partial charge in [0.15, 0.2) is 0 Å². The maximum atomic E-state index is 12.6. The summed E-state index contributed by atoms with van der Waals surface area (Å²) in [5.74, 6) is -0.557. The number of hydrogen-bond acceptors (Lipinski definition) is 5. The van der Waals surface area contributed by atoms with Gasteiger partial charge in [-0.2, -0.15) is 17.4 Å². The van der Waals surface area contributed by atoms with Crippen LogP contribution in [0.5, 0.6) is 0 Å². The molecule has 0 unspecified atom stereocenters. The van der Waals surface area contributed by atoms with Crippen LogP contribution in [0.3, 0.4) is 0 Å². The number of carbonyl (C=O) groups is 1. The maximum absolute atomic E-state index is 12.6. The SMILES string of the molecule is CCC[C@H](NS(=O)(=O)N1CCN(c2ccc(Br)cc2)CC1)C(=O)OC. The van der Waals surface area contributed by atoms with Crippen LogP contribution >= 0.6 is 15.9 Å². The van der Waals surface area contributed by atoms with Crippen molar-refractivity contribution >= 4 is 37.8 Å². The number of carbonyl (C=O) groups excluding carboxylic acids is 1. The van der Waals surface area contributed by atoms with Crippen molar-refractivity contribution in [2.75, 3.05) is 38.2 Å². The molecule has 0 spiro atoms. The second-order valence-electron chi connectivity index (χ2n) is 5.85. The van der Waals surface area contributed by atoms with E-state index in [0.29, 0.717) is 39.0 Å². The lowest BCUT2D eigenvalue weighted by Gasteiger charge is -2.35. The molecule has 1 aromatic rings. The second-order valence-corrected chi connectivity index (χ2v) is 8.47. The summed E-state index contributed by atoms with van der Waals surface area (Å²) >= 11 is 3.41. The highest BCUT2D eigenvalue weighted by molar-refractivity contribution is 9.10. The molecule has 7 nitrogen and oxygen atoms in total. The van der Waals surface area contributed by atoms with E-state index in [9.17, 15) is 13.2 Å². The average molecular weight is 434 g/mol. The summed E-state index contributed by atoms with van der Waals surface area (Å²) in [6, 6.07) is 7.09. The van der Waals surface area contributed by atoms with E-state index in [1.807, 2.05) is 31.2 Å². The van der Waals surface area contributed by atoms with Gasteiger partial charge in [0.25, 0.3) is 10.2 Å². The molecule has 1 aliphatic heterocycles. The van der Waals surface area contributed by atoms with Gasteiger partial charge in [0.1, 0.15) is 6.04 Å². The van der Waals surface area contributed by atoms with Crippen molar-refractivity contribution in [3.05, 3.63) is 28.7 Å². The zero-order valence-electron chi connectivity index (χ0n) is 14.4. The molecule has 25 heavy (non-hydrogen) atoms. The van der Waals surface area contributed by atoms with Crippen LogP contribution in [-0.2, 0) is 19.7 Å². The van der Waals surface area contributed by atoms with E-state index in [2.05, 4.69) is 30.3 Å². The van der Waals surface area contributed by atoms with Gasteiger partial charge in [0.2, 0.25) is 0 Å². The molecule has 1 saturated heterocycles. The minimum absolute atomic E-state index is 0.366. The number of halogens is 1. The first-order valence-corrected chi connectivity index (χ1v) is 10.5. The third-order valence-electron chi connectivity index (χ3n) is 4.12. The highest BCUT2D eigenvalue weighted by atomic mass is 79.9. The first-order chi connectivity index (χ1) is 11.9.